The summed E-state index contributed by atoms with van der Waals surface area (Å²) in [7, 11) is 1.86. The molecule has 1 atom stereocenters. The first-order valence-electron chi connectivity index (χ1n) is 8.03. The van der Waals surface area contributed by atoms with Gasteiger partial charge in [-0.2, -0.15) is 10.2 Å². The molecule has 1 unspecified atom stereocenters. The molecule has 1 fully saturated rings. The van der Waals surface area contributed by atoms with Crippen LogP contribution in [0.15, 0.2) is 36.7 Å². The van der Waals surface area contributed by atoms with Crippen LogP contribution in [-0.4, -0.2) is 24.5 Å². The second-order valence-corrected chi connectivity index (χ2v) is 7.21. The van der Waals surface area contributed by atoms with Gasteiger partial charge < -0.3 is 0 Å². The van der Waals surface area contributed by atoms with Crippen LogP contribution in [0.25, 0.3) is 5.69 Å². The van der Waals surface area contributed by atoms with E-state index in [0.29, 0.717) is 11.4 Å². The van der Waals surface area contributed by atoms with Gasteiger partial charge in [-0.1, -0.05) is 32.0 Å². The molecule has 4 rings (SSSR count). The zero-order valence-corrected chi connectivity index (χ0v) is 14.3. The van der Waals surface area contributed by atoms with Gasteiger partial charge in [-0.25, -0.2) is 14.1 Å². The zero-order chi connectivity index (χ0) is 17.1. The Kier molecular flexibility index (Phi) is 2.98. The van der Waals surface area contributed by atoms with E-state index in [1.807, 2.05) is 37.0 Å². The third-order valence-corrected chi connectivity index (χ3v) is 5.10. The Labute approximate surface area is 140 Å². The predicted molar refractivity (Wildman–Crippen MR) is 88.4 cm³/mol. The van der Waals surface area contributed by atoms with Gasteiger partial charge in [-0.15, -0.1) is 0 Å². The van der Waals surface area contributed by atoms with Crippen LogP contribution in [0.1, 0.15) is 37.5 Å². The lowest BCUT2D eigenvalue weighted by Crippen LogP contribution is -2.23. The molecule has 1 aromatic carbocycles. The van der Waals surface area contributed by atoms with Crippen molar-refractivity contribution in [3.8, 4) is 5.69 Å². The van der Waals surface area contributed by atoms with Crippen molar-refractivity contribution in [2.75, 3.05) is 0 Å². The molecule has 0 spiro atoms. The molecule has 5 nitrogen and oxygen atoms in total. The van der Waals surface area contributed by atoms with Gasteiger partial charge in [-0.3, -0.25) is 4.68 Å². The van der Waals surface area contributed by atoms with Crippen molar-refractivity contribution >= 4 is 0 Å². The molecule has 2 heterocycles. The standard InChI is InChI=1S/C18H20FN5/c1-12-21-16(24(22-12)13-9-20-23(4)10-13)18(11-17(18,2)3)14-7-5-6-8-15(14)19/h5-10H,11H2,1-4H3. The average molecular weight is 325 g/mol. The van der Waals surface area contributed by atoms with Crippen LogP contribution in [0.2, 0.25) is 0 Å². The maximum Gasteiger partial charge on any atom is 0.148 e. The summed E-state index contributed by atoms with van der Waals surface area (Å²) in [6.07, 6.45) is 4.48. The largest absolute Gasteiger partial charge is 0.274 e. The highest BCUT2D eigenvalue weighted by Gasteiger charge is 2.66. The third kappa shape index (κ3) is 1.95. The molecule has 0 bridgehead atoms. The van der Waals surface area contributed by atoms with E-state index in [4.69, 9.17) is 4.98 Å². The minimum Gasteiger partial charge on any atom is -0.274 e. The van der Waals surface area contributed by atoms with Gasteiger partial charge in [0.05, 0.1) is 17.8 Å². The van der Waals surface area contributed by atoms with E-state index in [2.05, 4.69) is 24.0 Å². The summed E-state index contributed by atoms with van der Waals surface area (Å²) < 4.78 is 18.2. The summed E-state index contributed by atoms with van der Waals surface area (Å²) in [6.45, 7) is 6.16. The van der Waals surface area contributed by atoms with Gasteiger partial charge in [0, 0.05) is 12.6 Å². The molecule has 1 aliphatic carbocycles. The summed E-state index contributed by atoms with van der Waals surface area (Å²) in [5, 5.41) is 8.78. The summed E-state index contributed by atoms with van der Waals surface area (Å²) in [4.78, 5) is 4.69. The number of hydrogen-bond acceptors (Lipinski definition) is 3. The number of benzene rings is 1. The molecule has 0 radical (unpaired) electrons. The Hall–Kier alpha value is -2.50. The summed E-state index contributed by atoms with van der Waals surface area (Å²) in [6, 6.07) is 6.98. The molecule has 6 heteroatoms. The first kappa shape index (κ1) is 15.1. The minimum absolute atomic E-state index is 0.0887. The van der Waals surface area contributed by atoms with Crippen molar-refractivity contribution in [2.45, 2.75) is 32.6 Å². The third-order valence-electron chi connectivity index (χ3n) is 5.10. The van der Waals surface area contributed by atoms with Crippen molar-refractivity contribution < 1.29 is 4.39 Å². The molecular formula is C18H20FN5. The zero-order valence-electron chi connectivity index (χ0n) is 14.3. The lowest BCUT2D eigenvalue weighted by molar-refractivity contribution is 0.495. The molecule has 124 valence electrons. The van der Waals surface area contributed by atoms with Gasteiger partial charge in [-0.05, 0) is 24.8 Å². The van der Waals surface area contributed by atoms with Crippen LogP contribution in [-0.2, 0) is 12.5 Å². The number of rotatable bonds is 3. The molecule has 0 aliphatic heterocycles. The number of hydrogen-bond donors (Lipinski definition) is 0. The van der Waals surface area contributed by atoms with Crippen molar-refractivity contribution in [3.05, 3.63) is 59.7 Å². The van der Waals surface area contributed by atoms with Crippen molar-refractivity contribution in [1.82, 2.24) is 24.5 Å². The summed E-state index contributed by atoms with van der Waals surface area (Å²) >= 11 is 0. The van der Waals surface area contributed by atoms with Crippen molar-refractivity contribution in [3.63, 3.8) is 0 Å². The van der Waals surface area contributed by atoms with E-state index in [1.165, 1.54) is 6.07 Å². The number of nitrogens with zero attached hydrogens (tertiary/aromatic N) is 5. The lowest BCUT2D eigenvalue weighted by Gasteiger charge is -2.21. The Balaban J connectivity index is 1.96. The van der Waals surface area contributed by atoms with E-state index >= 15 is 0 Å². The SMILES string of the molecule is Cc1nc(C2(c3ccccc3F)CC2(C)C)n(-c2cnn(C)c2)n1. The van der Waals surface area contributed by atoms with Crippen LogP contribution >= 0.6 is 0 Å². The highest BCUT2D eigenvalue weighted by Crippen LogP contribution is 2.67. The van der Waals surface area contributed by atoms with Gasteiger partial charge in [0.2, 0.25) is 0 Å². The van der Waals surface area contributed by atoms with Crippen LogP contribution in [0.3, 0.4) is 0 Å². The maximum atomic E-state index is 14.6. The molecule has 0 amide bonds. The number of aromatic nitrogens is 5. The smallest absolute Gasteiger partial charge is 0.148 e. The molecule has 0 N–H and O–H groups in total. The average Bonchev–Trinajstić information content (AvgIpc) is 2.84. The van der Waals surface area contributed by atoms with Crippen molar-refractivity contribution in [1.29, 1.82) is 0 Å². The van der Waals surface area contributed by atoms with Crippen LogP contribution in [0.5, 0.6) is 0 Å². The highest BCUT2D eigenvalue weighted by molar-refractivity contribution is 5.47. The normalized spacial score (nSPS) is 21.9. The fourth-order valence-electron chi connectivity index (χ4n) is 3.78. The van der Waals surface area contributed by atoms with Gasteiger partial charge >= 0.3 is 0 Å². The molecule has 24 heavy (non-hydrogen) atoms. The quantitative estimate of drug-likeness (QED) is 0.743. The minimum atomic E-state index is -0.477. The molecule has 3 aromatic rings. The van der Waals surface area contributed by atoms with E-state index in [9.17, 15) is 4.39 Å². The number of aryl methyl sites for hydroxylation is 2. The fraction of sp³-hybridized carbons (Fsp3) is 0.389. The molecular weight excluding hydrogens is 305 g/mol. The van der Waals surface area contributed by atoms with Gasteiger partial charge in [0.15, 0.2) is 0 Å². The predicted octanol–water partition coefficient (Wildman–Crippen LogP) is 3.16. The van der Waals surface area contributed by atoms with Crippen LogP contribution < -0.4 is 0 Å². The van der Waals surface area contributed by atoms with E-state index in [1.54, 1.807) is 16.9 Å². The van der Waals surface area contributed by atoms with Crippen molar-refractivity contribution in [2.24, 2.45) is 12.5 Å². The van der Waals surface area contributed by atoms with Gasteiger partial charge in [0.1, 0.15) is 23.2 Å². The van der Waals surface area contributed by atoms with E-state index in [0.717, 1.165) is 17.9 Å². The fourth-order valence-corrected chi connectivity index (χ4v) is 3.78. The summed E-state index contributed by atoms with van der Waals surface area (Å²) in [5.74, 6) is 1.26. The Morgan fingerprint density at radius 3 is 2.50 bits per heavy atom. The van der Waals surface area contributed by atoms with Gasteiger partial charge in [0.25, 0.3) is 0 Å². The second-order valence-electron chi connectivity index (χ2n) is 7.21. The van der Waals surface area contributed by atoms with E-state index < -0.39 is 5.41 Å². The molecule has 2 aromatic heterocycles. The number of halogens is 1. The first-order valence-corrected chi connectivity index (χ1v) is 8.03. The Morgan fingerprint density at radius 2 is 1.92 bits per heavy atom. The topological polar surface area (TPSA) is 48.5 Å². The second kappa shape index (κ2) is 4.75. The Bertz CT molecular complexity index is 923. The monoisotopic (exact) mass is 325 g/mol. The Morgan fingerprint density at radius 1 is 1.21 bits per heavy atom. The summed E-state index contributed by atoms with van der Waals surface area (Å²) in [5.41, 5.74) is 0.961. The van der Waals surface area contributed by atoms with E-state index in [-0.39, 0.29) is 11.2 Å². The molecule has 0 saturated heterocycles. The molecule has 1 saturated carbocycles. The molecule has 1 aliphatic rings. The maximum absolute atomic E-state index is 14.6. The lowest BCUT2D eigenvalue weighted by atomic mass is 9.86. The van der Waals surface area contributed by atoms with Crippen LogP contribution in [0.4, 0.5) is 4.39 Å². The first-order chi connectivity index (χ1) is 11.3. The van der Waals surface area contributed by atoms with Crippen LogP contribution in [0, 0.1) is 18.2 Å². The highest BCUT2D eigenvalue weighted by atomic mass is 19.1.